The summed E-state index contributed by atoms with van der Waals surface area (Å²) >= 11 is 0. The summed E-state index contributed by atoms with van der Waals surface area (Å²) in [7, 11) is 0. The average Bonchev–Trinajstić information content (AvgIpc) is 2.85. The summed E-state index contributed by atoms with van der Waals surface area (Å²) < 4.78 is 13.2. The minimum atomic E-state index is -0.116. The predicted octanol–water partition coefficient (Wildman–Crippen LogP) is 9.85. The Bertz CT molecular complexity index is 665. The lowest BCUT2D eigenvalue weighted by molar-refractivity contribution is 0.151. The van der Waals surface area contributed by atoms with E-state index in [9.17, 15) is 4.39 Å². The summed E-state index contributed by atoms with van der Waals surface area (Å²) in [6.07, 6.45) is 28.0. The molecular formula is C31H47F. The van der Waals surface area contributed by atoms with Crippen molar-refractivity contribution in [2.75, 3.05) is 0 Å². The van der Waals surface area contributed by atoms with Gasteiger partial charge in [-0.25, -0.2) is 4.39 Å². The first kappa shape index (κ1) is 24.0. The number of halogens is 1. The SMILES string of the molecule is CCCCCC1CCC(C2CCC(/C=C/C3CCC(c4ccc(F)cc4)CC3)CC2)CC1. The maximum atomic E-state index is 13.2. The van der Waals surface area contributed by atoms with Gasteiger partial charge in [-0.1, -0.05) is 69.7 Å². The molecule has 0 radical (unpaired) electrons. The van der Waals surface area contributed by atoms with Gasteiger partial charge in [0.1, 0.15) is 5.82 Å². The maximum Gasteiger partial charge on any atom is 0.123 e. The molecule has 178 valence electrons. The first-order valence-corrected chi connectivity index (χ1v) is 14.1. The molecule has 3 aliphatic rings. The maximum absolute atomic E-state index is 13.2. The summed E-state index contributed by atoms with van der Waals surface area (Å²) in [6.45, 7) is 2.32. The zero-order valence-corrected chi connectivity index (χ0v) is 20.6. The number of hydrogen-bond donors (Lipinski definition) is 0. The Balaban J connectivity index is 1.13. The van der Waals surface area contributed by atoms with Crippen LogP contribution in [0.25, 0.3) is 0 Å². The molecule has 4 rings (SSSR count). The molecule has 1 aromatic carbocycles. The fraction of sp³-hybridized carbons (Fsp3) is 0.742. The van der Waals surface area contributed by atoms with Gasteiger partial charge < -0.3 is 0 Å². The van der Waals surface area contributed by atoms with Gasteiger partial charge in [-0.2, -0.15) is 0 Å². The lowest BCUT2D eigenvalue weighted by Crippen LogP contribution is -2.25. The third-order valence-electron chi connectivity index (χ3n) is 9.36. The zero-order chi connectivity index (χ0) is 22.2. The van der Waals surface area contributed by atoms with Crippen molar-refractivity contribution in [3.8, 4) is 0 Å². The van der Waals surface area contributed by atoms with Gasteiger partial charge in [0.25, 0.3) is 0 Å². The lowest BCUT2D eigenvalue weighted by Gasteiger charge is -2.37. The van der Waals surface area contributed by atoms with Crippen LogP contribution in [0.1, 0.15) is 121 Å². The molecule has 1 aromatic rings. The van der Waals surface area contributed by atoms with Crippen LogP contribution in [0.15, 0.2) is 36.4 Å². The first-order valence-electron chi connectivity index (χ1n) is 14.1. The Morgan fingerprint density at radius 1 is 0.688 bits per heavy atom. The second-order valence-electron chi connectivity index (χ2n) is 11.5. The Morgan fingerprint density at radius 2 is 1.22 bits per heavy atom. The highest BCUT2D eigenvalue weighted by Gasteiger charge is 2.30. The van der Waals surface area contributed by atoms with E-state index in [4.69, 9.17) is 0 Å². The summed E-state index contributed by atoms with van der Waals surface area (Å²) in [5.41, 5.74) is 1.34. The Kier molecular flexibility index (Phi) is 9.30. The zero-order valence-electron chi connectivity index (χ0n) is 20.6. The largest absolute Gasteiger partial charge is 0.207 e. The summed E-state index contributed by atoms with van der Waals surface area (Å²) in [5, 5.41) is 0. The minimum absolute atomic E-state index is 0.116. The predicted molar refractivity (Wildman–Crippen MR) is 135 cm³/mol. The molecule has 1 heteroatoms. The smallest absolute Gasteiger partial charge is 0.123 e. The Morgan fingerprint density at radius 3 is 1.78 bits per heavy atom. The minimum Gasteiger partial charge on any atom is -0.207 e. The van der Waals surface area contributed by atoms with Crippen LogP contribution < -0.4 is 0 Å². The van der Waals surface area contributed by atoms with Crippen molar-refractivity contribution in [1.82, 2.24) is 0 Å². The van der Waals surface area contributed by atoms with Gasteiger partial charge in [-0.3, -0.25) is 0 Å². The van der Waals surface area contributed by atoms with Gasteiger partial charge in [0.15, 0.2) is 0 Å². The molecule has 0 amide bonds. The molecule has 0 heterocycles. The van der Waals surface area contributed by atoms with Crippen LogP contribution in [0, 0.1) is 35.4 Å². The molecule has 0 unspecified atom stereocenters. The molecule has 3 aliphatic carbocycles. The molecule has 0 bridgehead atoms. The number of allylic oxidation sites excluding steroid dienone is 2. The molecule has 0 saturated heterocycles. The van der Waals surface area contributed by atoms with Crippen molar-refractivity contribution in [1.29, 1.82) is 0 Å². The summed E-state index contributed by atoms with van der Waals surface area (Å²) in [6, 6.07) is 7.23. The van der Waals surface area contributed by atoms with Crippen LogP contribution in [0.3, 0.4) is 0 Å². The first-order chi connectivity index (χ1) is 15.7. The van der Waals surface area contributed by atoms with Gasteiger partial charge in [-0.05, 0) is 117 Å². The Labute approximate surface area is 197 Å². The highest BCUT2D eigenvalue weighted by molar-refractivity contribution is 5.21. The number of hydrogen-bond acceptors (Lipinski definition) is 0. The topological polar surface area (TPSA) is 0 Å². The molecule has 0 nitrogen and oxygen atoms in total. The van der Waals surface area contributed by atoms with Crippen LogP contribution >= 0.6 is 0 Å². The monoisotopic (exact) mass is 438 g/mol. The van der Waals surface area contributed by atoms with E-state index < -0.39 is 0 Å². The van der Waals surface area contributed by atoms with Crippen LogP contribution in [-0.2, 0) is 0 Å². The second-order valence-corrected chi connectivity index (χ2v) is 11.5. The highest BCUT2D eigenvalue weighted by atomic mass is 19.1. The molecule has 0 spiro atoms. The Hall–Kier alpha value is -1.11. The summed E-state index contributed by atoms with van der Waals surface area (Å²) in [4.78, 5) is 0. The lowest BCUT2D eigenvalue weighted by atomic mass is 9.68. The molecule has 3 fully saturated rings. The van der Waals surface area contributed by atoms with Crippen molar-refractivity contribution in [3.05, 3.63) is 47.8 Å². The third kappa shape index (κ3) is 6.94. The molecule has 0 N–H and O–H groups in total. The van der Waals surface area contributed by atoms with Gasteiger partial charge in [0.2, 0.25) is 0 Å². The number of unbranched alkanes of at least 4 members (excludes halogenated alkanes) is 2. The highest BCUT2D eigenvalue weighted by Crippen LogP contribution is 2.43. The third-order valence-corrected chi connectivity index (χ3v) is 9.36. The quantitative estimate of drug-likeness (QED) is 0.280. The van der Waals surface area contributed by atoms with Crippen LogP contribution in [0.2, 0.25) is 0 Å². The molecule has 0 aromatic heterocycles. The van der Waals surface area contributed by atoms with E-state index in [1.54, 1.807) is 12.1 Å². The van der Waals surface area contributed by atoms with E-state index in [1.807, 2.05) is 12.1 Å². The van der Waals surface area contributed by atoms with Crippen LogP contribution in [-0.4, -0.2) is 0 Å². The second kappa shape index (κ2) is 12.4. The standard InChI is InChI=1S/C31H47F/c1-2-3-4-5-24-8-14-27(15-9-24)28-16-10-25(11-17-28)6-7-26-12-18-29(19-13-26)30-20-22-31(32)23-21-30/h6-7,20-29H,2-5,8-19H2,1H3/b7-6+. The van der Waals surface area contributed by atoms with Gasteiger partial charge in [-0.15, -0.1) is 0 Å². The number of rotatable bonds is 8. The molecule has 3 saturated carbocycles. The van der Waals surface area contributed by atoms with E-state index in [0.717, 1.165) is 29.6 Å². The fourth-order valence-corrected chi connectivity index (χ4v) is 7.13. The van der Waals surface area contributed by atoms with E-state index in [1.165, 1.54) is 108 Å². The van der Waals surface area contributed by atoms with E-state index >= 15 is 0 Å². The van der Waals surface area contributed by atoms with Crippen molar-refractivity contribution in [2.45, 2.75) is 116 Å². The number of benzene rings is 1. The fourth-order valence-electron chi connectivity index (χ4n) is 7.13. The normalized spacial score (nSPS) is 34.1. The van der Waals surface area contributed by atoms with Crippen molar-refractivity contribution < 1.29 is 4.39 Å². The molecule has 0 atom stereocenters. The van der Waals surface area contributed by atoms with E-state index in [2.05, 4.69) is 19.1 Å². The van der Waals surface area contributed by atoms with Gasteiger partial charge >= 0.3 is 0 Å². The van der Waals surface area contributed by atoms with Crippen molar-refractivity contribution in [3.63, 3.8) is 0 Å². The van der Waals surface area contributed by atoms with Gasteiger partial charge in [0.05, 0.1) is 0 Å². The van der Waals surface area contributed by atoms with Crippen LogP contribution in [0.5, 0.6) is 0 Å². The van der Waals surface area contributed by atoms with Gasteiger partial charge in [0, 0.05) is 0 Å². The van der Waals surface area contributed by atoms with Crippen molar-refractivity contribution in [2.24, 2.45) is 29.6 Å². The molecule has 0 aliphatic heterocycles. The average molecular weight is 439 g/mol. The molecular weight excluding hydrogens is 391 g/mol. The van der Waals surface area contributed by atoms with E-state index in [-0.39, 0.29) is 5.82 Å². The van der Waals surface area contributed by atoms with Crippen molar-refractivity contribution >= 4 is 0 Å². The summed E-state index contributed by atoms with van der Waals surface area (Å²) in [5.74, 6) is 5.26. The van der Waals surface area contributed by atoms with E-state index in [0.29, 0.717) is 5.92 Å². The van der Waals surface area contributed by atoms with Crippen LogP contribution in [0.4, 0.5) is 4.39 Å². The molecule has 32 heavy (non-hydrogen) atoms.